The molecule has 0 atom stereocenters. The van der Waals surface area contributed by atoms with E-state index in [2.05, 4.69) is 37.2 Å². The van der Waals surface area contributed by atoms with E-state index in [9.17, 15) is 8.78 Å². The van der Waals surface area contributed by atoms with E-state index in [0.717, 1.165) is 33.8 Å². The van der Waals surface area contributed by atoms with Crippen LogP contribution in [0.2, 0.25) is 0 Å². The predicted molar refractivity (Wildman–Crippen MR) is 84.7 cm³/mol. The Labute approximate surface area is 137 Å². The Kier molecular flexibility index (Phi) is 4.17. The molecule has 0 bridgehead atoms. The Morgan fingerprint density at radius 1 is 1.14 bits per heavy atom. The first-order valence-electron chi connectivity index (χ1n) is 6.37. The van der Waals surface area contributed by atoms with Gasteiger partial charge in [-0.25, -0.2) is 8.78 Å². The summed E-state index contributed by atoms with van der Waals surface area (Å²) in [6.07, 6.45) is 0.871. The molecule has 2 nitrogen and oxygen atoms in total. The number of halogens is 4. The average molecular weight is 419 g/mol. The van der Waals surface area contributed by atoms with Gasteiger partial charge in [-0.3, -0.25) is 0 Å². The van der Waals surface area contributed by atoms with Gasteiger partial charge in [-0.05, 0) is 39.7 Å². The molecule has 0 saturated carbocycles. The fourth-order valence-corrected chi connectivity index (χ4v) is 3.47. The lowest BCUT2D eigenvalue weighted by molar-refractivity contribution is 0.354. The molecule has 0 amide bonds. The lowest BCUT2D eigenvalue weighted by Crippen LogP contribution is -2.04. The largest absolute Gasteiger partial charge is 0.493 e. The van der Waals surface area contributed by atoms with Crippen molar-refractivity contribution in [3.8, 4) is 5.75 Å². The summed E-state index contributed by atoms with van der Waals surface area (Å²) in [5.41, 5.74) is 2.32. The fraction of sp³-hybridized carbons (Fsp3) is 0.200. The molecule has 0 aliphatic carbocycles. The van der Waals surface area contributed by atoms with Gasteiger partial charge in [0.2, 0.25) is 0 Å². The summed E-state index contributed by atoms with van der Waals surface area (Å²) in [6.45, 7) is 1.05. The molecule has 1 aliphatic rings. The first kappa shape index (κ1) is 14.8. The summed E-state index contributed by atoms with van der Waals surface area (Å²) in [7, 11) is 0. The summed E-state index contributed by atoms with van der Waals surface area (Å²) >= 11 is 6.63. The Morgan fingerprint density at radius 3 is 2.71 bits per heavy atom. The number of nitrogens with one attached hydrogen (secondary N) is 1. The van der Waals surface area contributed by atoms with Crippen LogP contribution in [0.3, 0.4) is 0 Å². The van der Waals surface area contributed by atoms with Crippen molar-refractivity contribution in [3.63, 3.8) is 0 Å². The third kappa shape index (κ3) is 3.06. The fourth-order valence-electron chi connectivity index (χ4n) is 2.37. The van der Waals surface area contributed by atoms with Crippen LogP contribution in [0.5, 0.6) is 5.75 Å². The second-order valence-corrected chi connectivity index (χ2v) is 6.52. The van der Waals surface area contributed by atoms with Gasteiger partial charge in [0.15, 0.2) is 0 Å². The topological polar surface area (TPSA) is 21.3 Å². The van der Waals surface area contributed by atoms with E-state index >= 15 is 0 Å². The maximum Gasteiger partial charge on any atom is 0.150 e. The number of hydrogen-bond donors (Lipinski definition) is 1. The number of ether oxygens (including phenoxy) is 1. The zero-order chi connectivity index (χ0) is 15.0. The first-order valence-corrected chi connectivity index (χ1v) is 7.95. The molecule has 2 aromatic carbocycles. The molecular formula is C15H11Br2F2NO. The van der Waals surface area contributed by atoms with Crippen molar-refractivity contribution in [1.82, 2.24) is 0 Å². The van der Waals surface area contributed by atoms with Gasteiger partial charge in [-0.1, -0.05) is 15.9 Å². The summed E-state index contributed by atoms with van der Waals surface area (Å²) in [5.74, 6) is -0.393. The third-order valence-corrected chi connectivity index (χ3v) is 4.37. The van der Waals surface area contributed by atoms with Crippen molar-refractivity contribution in [2.45, 2.75) is 13.0 Å². The van der Waals surface area contributed by atoms with E-state index in [-0.39, 0.29) is 5.69 Å². The van der Waals surface area contributed by atoms with Crippen LogP contribution in [0.1, 0.15) is 11.1 Å². The van der Waals surface area contributed by atoms with Crippen molar-refractivity contribution in [2.75, 3.05) is 11.9 Å². The zero-order valence-corrected chi connectivity index (χ0v) is 14.0. The van der Waals surface area contributed by atoms with E-state index in [1.807, 2.05) is 12.1 Å². The minimum atomic E-state index is -0.630. The summed E-state index contributed by atoms with van der Waals surface area (Å²) < 4.78 is 33.8. The highest BCUT2D eigenvalue weighted by Crippen LogP contribution is 2.34. The second-order valence-electron chi connectivity index (χ2n) is 4.75. The van der Waals surface area contributed by atoms with Gasteiger partial charge in [0.25, 0.3) is 0 Å². The van der Waals surface area contributed by atoms with Crippen molar-refractivity contribution in [2.24, 2.45) is 0 Å². The Morgan fingerprint density at radius 2 is 1.95 bits per heavy atom. The van der Waals surface area contributed by atoms with Gasteiger partial charge in [0, 0.05) is 33.5 Å². The Bertz CT molecular complexity index is 683. The third-order valence-electron chi connectivity index (χ3n) is 3.29. The number of benzene rings is 2. The molecule has 0 spiro atoms. The summed E-state index contributed by atoms with van der Waals surface area (Å²) in [6, 6.07) is 6.05. The molecule has 110 valence electrons. The standard InChI is InChI=1S/C15H11Br2F2NO/c16-10-3-8-1-2-21-15(8)9(4-10)7-20-14-12(17)5-11(18)6-13(14)19/h3-6,20H,1-2,7H2. The molecule has 1 aliphatic heterocycles. The Balaban J connectivity index is 1.86. The van der Waals surface area contributed by atoms with Gasteiger partial charge in [-0.15, -0.1) is 0 Å². The van der Waals surface area contributed by atoms with E-state index in [1.165, 1.54) is 6.07 Å². The molecular weight excluding hydrogens is 408 g/mol. The quantitative estimate of drug-likeness (QED) is 0.754. The predicted octanol–water partition coefficient (Wildman–Crippen LogP) is 5.04. The van der Waals surface area contributed by atoms with Crippen molar-refractivity contribution in [1.29, 1.82) is 0 Å². The van der Waals surface area contributed by atoms with Gasteiger partial charge in [-0.2, -0.15) is 0 Å². The molecule has 0 aromatic heterocycles. The number of anilines is 1. The number of fused-ring (bicyclic) bond motifs is 1. The zero-order valence-electron chi connectivity index (χ0n) is 10.9. The van der Waals surface area contributed by atoms with Crippen LogP contribution >= 0.6 is 31.9 Å². The van der Waals surface area contributed by atoms with Gasteiger partial charge < -0.3 is 10.1 Å². The number of rotatable bonds is 3. The SMILES string of the molecule is Fc1cc(F)c(NCc2cc(Br)cc3c2OCC3)c(Br)c1. The molecule has 0 fully saturated rings. The van der Waals surface area contributed by atoms with Gasteiger partial charge in [0.05, 0.1) is 12.3 Å². The van der Waals surface area contributed by atoms with Gasteiger partial charge in [0.1, 0.15) is 17.4 Å². The molecule has 0 saturated heterocycles. The van der Waals surface area contributed by atoms with Crippen molar-refractivity contribution < 1.29 is 13.5 Å². The monoisotopic (exact) mass is 417 g/mol. The van der Waals surface area contributed by atoms with Crippen LogP contribution in [-0.2, 0) is 13.0 Å². The second kappa shape index (κ2) is 5.93. The molecule has 0 radical (unpaired) electrons. The van der Waals surface area contributed by atoms with Crippen LogP contribution < -0.4 is 10.1 Å². The molecule has 21 heavy (non-hydrogen) atoms. The molecule has 2 aromatic rings. The minimum absolute atomic E-state index is 0.239. The molecule has 1 heterocycles. The molecule has 3 rings (SSSR count). The van der Waals surface area contributed by atoms with Crippen LogP contribution in [0.4, 0.5) is 14.5 Å². The first-order chi connectivity index (χ1) is 10.0. The summed E-state index contributed by atoms with van der Waals surface area (Å²) in [4.78, 5) is 0. The van der Waals surface area contributed by atoms with E-state index in [0.29, 0.717) is 17.6 Å². The van der Waals surface area contributed by atoms with Gasteiger partial charge >= 0.3 is 0 Å². The van der Waals surface area contributed by atoms with Crippen LogP contribution in [-0.4, -0.2) is 6.61 Å². The van der Waals surface area contributed by atoms with Crippen molar-refractivity contribution >= 4 is 37.5 Å². The highest BCUT2D eigenvalue weighted by Gasteiger charge is 2.18. The lowest BCUT2D eigenvalue weighted by atomic mass is 10.1. The Hall–Kier alpha value is -1.14. The molecule has 6 heteroatoms. The van der Waals surface area contributed by atoms with E-state index < -0.39 is 11.6 Å². The van der Waals surface area contributed by atoms with Crippen LogP contribution in [0, 0.1) is 11.6 Å². The maximum atomic E-state index is 13.8. The average Bonchev–Trinajstić information content (AvgIpc) is 2.85. The lowest BCUT2D eigenvalue weighted by Gasteiger charge is -2.13. The molecule has 0 unspecified atom stereocenters. The smallest absolute Gasteiger partial charge is 0.150 e. The normalized spacial score (nSPS) is 13.0. The summed E-state index contributed by atoms with van der Waals surface area (Å²) in [5, 5.41) is 2.99. The highest BCUT2D eigenvalue weighted by atomic mass is 79.9. The van der Waals surface area contributed by atoms with Crippen LogP contribution in [0.25, 0.3) is 0 Å². The van der Waals surface area contributed by atoms with E-state index in [4.69, 9.17) is 4.74 Å². The van der Waals surface area contributed by atoms with Crippen LogP contribution in [0.15, 0.2) is 33.2 Å². The maximum absolute atomic E-state index is 13.8. The molecule has 1 N–H and O–H groups in total. The highest BCUT2D eigenvalue weighted by molar-refractivity contribution is 9.10. The van der Waals surface area contributed by atoms with E-state index in [1.54, 1.807) is 0 Å². The number of hydrogen-bond acceptors (Lipinski definition) is 2. The van der Waals surface area contributed by atoms with Crippen molar-refractivity contribution in [3.05, 3.63) is 56.0 Å². The minimum Gasteiger partial charge on any atom is -0.493 e.